The molecule has 0 aliphatic rings. The first-order valence-corrected chi connectivity index (χ1v) is 4.80. The molecule has 0 saturated heterocycles. The molecule has 0 unspecified atom stereocenters. The average molecular weight is 216 g/mol. The van der Waals surface area contributed by atoms with Crippen LogP contribution < -0.4 is 16.1 Å². The number of anilines is 2. The Balaban J connectivity index is 1.99. The van der Waals surface area contributed by atoms with Gasteiger partial charge in [-0.3, -0.25) is 4.98 Å². The second kappa shape index (κ2) is 4.48. The van der Waals surface area contributed by atoms with Gasteiger partial charge in [-0.15, -0.1) is 0 Å². The summed E-state index contributed by atoms with van der Waals surface area (Å²) in [5, 5.41) is 0. The first-order valence-electron chi connectivity index (χ1n) is 4.80. The van der Waals surface area contributed by atoms with Crippen molar-refractivity contribution in [2.24, 2.45) is 0 Å². The maximum atomic E-state index is 5.46. The van der Waals surface area contributed by atoms with Gasteiger partial charge in [0.1, 0.15) is 5.82 Å². The number of nitrogens with zero attached hydrogens (tertiary/aromatic N) is 2. The number of nitrogens with one attached hydrogen (secondary N) is 1. The Morgan fingerprint density at radius 2 is 2.12 bits per heavy atom. The van der Waals surface area contributed by atoms with Gasteiger partial charge in [0.25, 0.3) is 0 Å². The van der Waals surface area contributed by atoms with Crippen molar-refractivity contribution in [3.05, 3.63) is 42.4 Å². The minimum absolute atomic E-state index is 0.475. The molecule has 3 N–H and O–H groups in total. The second-order valence-corrected chi connectivity index (χ2v) is 3.37. The minimum Gasteiger partial charge on any atom is -0.384 e. The minimum atomic E-state index is 0.475. The maximum Gasteiger partial charge on any atom is 0.173 e. The Hall–Kier alpha value is -2.30. The lowest BCUT2D eigenvalue weighted by Crippen LogP contribution is -2.05. The van der Waals surface area contributed by atoms with Crippen LogP contribution >= 0.6 is 0 Å². The van der Waals surface area contributed by atoms with Gasteiger partial charge in [-0.05, 0) is 30.7 Å². The highest BCUT2D eigenvalue weighted by Crippen LogP contribution is 2.12. The molecule has 0 atom stereocenters. The van der Waals surface area contributed by atoms with E-state index in [0.29, 0.717) is 11.6 Å². The number of nitrogens with two attached hydrogens (primary N) is 1. The van der Waals surface area contributed by atoms with Crippen molar-refractivity contribution in [3.63, 3.8) is 0 Å². The number of hydrogen-bond donors (Lipinski definition) is 2. The molecule has 5 heteroatoms. The quantitative estimate of drug-likeness (QED) is 0.765. The molecule has 0 aromatic carbocycles. The SMILES string of the molecule is Cc1cncc(ONc2ccc(N)nc2)c1. The molecule has 0 aliphatic heterocycles. The van der Waals surface area contributed by atoms with E-state index in [9.17, 15) is 0 Å². The van der Waals surface area contributed by atoms with Crippen molar-refractivity contribution in [1.29, 1.82) is 0 Å². The van der Waals surface area contributed by atoms with Crippen molar-refractivity contribution < 1.29 is 4.84 Å². The standard InChI is InChI=1S/C11H12N4O/c1-8-4-10(7-13-5-8)16-15-9-2-3-11(12)14-6-9/h2-7,15H,1H3,(H2,12,14). The van der Waals surface area contributed by atoms with Gasteiger partial charge in [0.2, 0.25) is 0 Å². The van der Waals surface area contributed by atoms with Crippen LogP contribution in [-0.2, 0) is 0 Å². The summed E-state index contributed by atoms with van der Waals surface area (Å²) >= 11 is 0. The van der Waals surface area contributed by atoms with Crippen LogP contribution in [0, 0.1) is 6.92 Å². The third kappa shape index (κ3) is 2.60. The molecule has 0 radical (unpaired) electrons. The van der Waals surface area contributed by atoms with Crippen molar-refractivity contribution >= 4 is 11.5 Å². The van der Waals surface area contributed by atoms with E-state index in [2.05, 4.69) is 15.4 Å². The molecule has 0 amide bonds. The molecular weight excluding hydrogens is 204 g/mol. The number of nitrogen functional groups attached to an aromatic ring is 1. The van der Waals surface area contributed by atoms with Crippen LogP contribution in [0.5, 0.6) is 5.75 Å². The van der Waals surface area contributed by atoms with E-state index < -0.39 is 0 Å². The van der Waals surface area contributed by atoms with Crippen molar-refractivity contribution in [2.45, 2.75) is 6.92 Å². The number of aromatic nitrogens is 2. The summed E-state index contributed by atoms with van der Waals surface area (Å²) in [6.07, 6.45) is 4.99. The molecule has 82 valence electrons. The van der Waals surface area contributed by atoms with Crippen molar-refractivity contribution in [2.75, 3.05) is 11.2 Å². The maximum absolute atomic E-state index is 5.46. The van der Waals surface area contributed by atoms with E-state index in [4.69, 9.17) is 10.6 Å². The number of hydrogen-bond acceptors (Lipinski definition) is 5. The third-order valence-corrected chi connectivity index (χ3v) is 1.92. The molecule has 16 heavy (non-hydrogen) atoms. The molecule has 0 spiro atoms. The molecule has 2 aromatic heterocycles. The Morgan fingerprint density at radius 3 is 2.81 bits per heavy atom. The van der Waals surface area contributed by atoms with E-state index in [0.717, 1.165) is 11.3 Å². The summed E-state index contributed by atoms with van der Waals surface area (Å²) < 4.78 is 0. The van der Waals surface area contributed by atoms with Crippen LogP contribution in [0.25, 0.3) is 0 Å². The smallest absolute Gasteiger partial charge is 0.173 e. The summed E-state index contributed by atoms with van der Waals surface area (Å²) in [6, 6.07) is 5.36. The molecule has 5 nitrogen and oxygen atoms in total. The van der Waals surface area contributed by atoms with Gasteiger partial charge in [0, 0.05) is 6.20 Å². The average Bonchev–Trinajstić information content (AvgIpc) is 2.28. The Morgan fingerprint density at radius 1 is 1.25 bits per heavy atom. The van der Waals surface area contributed by atoms with Gasteiger partial charge < -0.3 is 10.6 Å². The highest BCUT2D eigenvalue weighted by Gasteiger charge is 1.96. The van der Waals surface area contributed by atoms with Crippen LogP contribution in [0.4, 0.5) is 11.5 Å². The van der Waals surface area contributed by atoms with E-state index in [1.165, 1.54) is 0 Å². The first kappa shape index (κ1) is 10.2. The lowest BCUT2D eigenvalue weighted by atomic mass is 10.3. The van der Waals surface area contributed by atoms with Gasteiger partial charge in [-0.1, -0.05) is 0 Å². The molecule has 0 fully saturated rings. The monoisotopic (exact) mass is 216 g/mol. The van der Waals surface area contributed by atoms with Crippen molar-refractivity contribution in [1.82, 2.24) is 9.97 Å². The van der Waals surface area contributed by atoms with Gasteiger partial charge in [-0.2, -0.15) is 0 Å². The van der Waals surface area contributed by atoms with E-state index >= 15 is 0 Å². The molecule has 0 bridgehead atoms. The number of aryl methyl sites for hydroxylation is 1. The van der Waals surface area contributed by atoms with E-state index in [1.807, 2.05) is 13.0 Å². The summed E-state index contributed by atoms with van der Waals surface area (Å²) in [5.41, 5.74) is 9.99. The van der Waals surface area contributed by atoms with Crippen LogP contribution in [0.3, 0.4) is 0 Å². The Labute approximate surface area is 93.3 Å². The third-order valence-electron chi connectivity index (χ3n) is 1.92. The van der Waals surface area contributed by atoms with E-state index in [-0.39, 0.29) is 0 Å². The van der Waals surface area contributed by atoms with Crippen LogP contribution in [0.1, 0.15) is 5.56 Å². The van der Waals surface area contributed by atoms with Gasteiger partial charge in [0.15, 0.2) is 5.75 Å². The molecular formula is C11H12N4O. The molecule has 0 aliphatic carbocycles. The fourth-order valence-electron chi connectivity index (χ4n) is 1.17. The zero-order chi connectivity index (χ0) is 11.4. The molecule has 2 aromatic rings. The second-order valence-electron chi connectivity index (χ2n) is 3.37. The number of pyridine rings is 2. The highest BCUT2D eigenvalue weighted by atomic mass is 16.6. The Bertz CT molecular complexity index is 470. The number of rotatable bonds is 3. The predicted molar refractivity (Wildman–Crippen MR) is 61.9 cm³/mol. The van der Waals surface area contributed by atoms with Crippen LogP contribution in [-0.4, -0.2) is 9.97 Å². The highest BCUT2D eigenvalue weighted by molar-refractivity contribution is 5.44. The van der Waals surface area contributed by atoms with Gasteiger partial charge in [0.05, 0.1) is 18.1 Å². The zero-order valence-corrected chi connectivity index (χ0v) is 8.84. The van der Waals surface area contributed by atoms with Gasteiger partial charge in [-0.25, -0.2) is 10.5 Å². The predicted octanol–water partition coefficient (Wildman–Crippen LogP) is 1.77. The van der Waals surface area contributed by atoms with Crippen LogP contribution in [0.15, 0.2) is 36.8 Å². The summed E-state index contributed by atoms with van der Waals surface area (Å²) in [5.74, 6) is 1.12. The summed E-state index contributed by atoms with van der Waals surface area (Å²) in [7, 11) is 0. The molecule has 2 heterocycles. The largest absolute Gasteiger partial charge is 0.384 e. The molecule has 0 saturated carbocycles. The van der Waals surface area contributed by atoms with Crippen LogP contribution in [0.2, 0.25) is 0 Å². The topological polar surface area (TPSA) is 73.1 Å². The molecule has 2 rings (SSSR count). The summed E-state index contributed by atoms with van der Waals surface area (Å²) in [6.45, 7) is 1.95. The normalized spacial score (nSPS) is 9.81. The lowest BCUT2D eigenvalue weighted by molar-refractivity contribution is 0.403. The van der Waals surface area contributed by atoms with Crippen molar-refractivity contribution in [3.8, 4) is 5.75 Å². The van der Waals surface area contributed by atoms with Gasteiger partial charge >= 0.3 is 0 Å². The lowest BCUT2D eigenvalue weighted by Gasteiger charge is -2.07. The van der Waals surface area contributed by atoms with E-state index in [1.54, 1.807) is 30.7 Å². The Kier molecular flexibility index (Phi) is 2.86. The zero-order valence-electron chi connectivity index (χ0n) is 8.84. The first-order chi connectivity index (χ1) is 7.74. The fraction of sp³-hybridized carbons (Fsp3) is 0.0909. The fourth-order valence-corrected chi connectivity index (χ4v) is 1.17. The summed E-state index contributed by atoms with van der Waals surface area (Å²) in [4.78, 5) is 13.3.